The number of nitrogens with one attached hydrogen (secondary N) is 3. The molecule has 1 amide bonds. The molecule has 11 nitrogen and oxygen atoms in total. The Morgan fingerprint density at radius 1 is 1.17 bits per heavy atom. The summed E-state index contributed by atoms with van der Waals surface area (Å²) in [6.45, 7) is 1.65. The molecule has 5 rings (SSSR count). The molecule has 3 heterocycles. The summed E-state index contributed by atoms with van der Waals surface area (Å²) in [6, 6.07) is 6.68. The van der Waals surface area contributed by atoms with Crippen molar-refractivity contribution in [2.24, 2.45) is 0 Å². The number of benzene rings is 2. The number of nitrogens with zero attached hydrogens (tertiary/aromatic N) is 3. The van der Waals surface area contributed by atoms with Crippen LogP contribution in [0.4, 0.5) is 29.2 Å². The molecule has 1 saturated heterocycles. The summed E-state index contributed by atoms with van der Waals surface area (Å²) in [5.74, 6) is -2.76. The number of methoxy groups -OCH3 is 1. The van der Waals surface area contributed by atoms with Gasteiger partial charge in [-0.2, -0.15) is 23.2 Å². The van der Waals surface area contributed by atoms with Crippen molar-refractivity contribution >= 4 is 17.5 Å². The fraction of sp³-hybridized carbons (Fsp3) is 0.370. The zero-order chi connectivity index (χ0) is 30.0. The van der Waals surface area contributed by atoms with Gasteiger partial charge in [-0.05, 0) is 43.6 Å². The van der Waals surface area contributed by atoms with Crippen LogP contribution in [0.1, 0.15) is 46.1 Å². The van der Waals surface area contributed by atoms with Crippen LogP contribution in [0.15, 0.2) is 36.5 Å². The first-order valence-electron chi connectivity index (χ1n) is 13.0. The molecule has 2 aromatic carbocycles. The number of halogens is 4. The van der Waals surface area contributed by atoms with Crippen molar-refractivity contribution < 1.29 is 41.8 Å². The zero-order valence-corrected chi connectivity index (χ0v) is 22.6. The molecule has 0 saturated carbocycles. The molecule has 224 valence electrons. The molecule has 15 heteroatoms. The molecule has 0 spiro atoms. The molecule has 1 unspecified atom stereocenters. The second-order valence-electron chi connectivity index (χ2n) is 9.63. The van der Waals surface area contributed by atoms with Gasteiger partial charge in [0.2, 0.25) is 11.8 Å². The summed E-state index contributed by atoms with van der Waals surface area (Å²) < 4.78 is 67.6. The number of aliphatic hydroxyl groups is 1. The highest BCUT2D eigenvalue weighted by Crippen LogP contribution is 2.43. The molecule has 0 bridgehead atoms. The maximum Gasteiger partial charge on any atom is 0.423 e. The maximum atomic E-state index is 15.1. The van der Waals surface area contributed by atoms with Gasteiger partial charge in [0, 0.05) is 23.9 Å². The van der Waals surface area contributed by atoms with Crippen LogP contribution < -0.4 is 25.4 Å². The van der Waals surface area contributed by atoms with Crippen LogP contribution in [0.2, 0.25) is 0 Å². The molecular formula is C27H28F4N6O5. The molecule has 0 radical (unpaired) electrons. The number of aromatic nitrogens is 2. The van der Waals surface area contributed by atoms with Crippen LogP contribution in [-0.4, -0.2) is 59.4 Å². The third-order valence-corrected chi connectivity index (χ3v) is 6.97. The molecule has 1 atom stereocenters. The van der Waals surface area contributed by atoms with Gasteiger partial charge in [0.25, 0.3) is 5.91 Å². The molecule has 0 aliphatic carbocycles. The molecule has 2 aliphatic rings. The first kappa shape index (κ1) is 29.4. The largest absolute Gasteiger partial charge is 0.495 e. The monoisotopic (exact) mass is 592 g/mol. The van der Waals surface area contributed by atoms with Gasteiger partial charge in [-0.15, -0.1) is 0 Å². The standard InChI is InChI=1S/C27H28F4N6O5/c1-40-21-10-16(23(38)34-15-6-8-32-9-7-15)18(28)11-19(21)35-26-33-12-17(27(29,30)31)24(36-26)42-20-5-3-4-14-13-37(41-2)25(39)22(14)20/h3-5,10-12,15,25,32,39H,6-9,13H2,1-2H3,(H,34,38)(H,33,35,36). The SMILES string of the molecule is COc1cc(C(=O)NC2CCNCC2)c(F)cc1Nc1ncc(C(F)(F)F)c(Oc2cccc3c2C(O)N(OC)C3)n1. The number of carbonyl (C=O) groups excluding carboxylic acids is 1. The summed E-state index contributed by atoms with van der Waals surface area (Å²) in [7, 11) is 2.64. The van der Waals surface area contributed by atoms with E-state index in [0.29, 0.717) is 24.6 Å². The Bertz CT molecular complexity index is 1470. The van der Waals surface area contributed by atoms with E-state index in [1.807, 2.05) is 0 Å². The average molecular weight is 593 g/mol. The van der Waals surface area contributed by atoms with Gasteiger partial charge in [-0.3, -0.25) is 9.63 Å². The number of hydroxylamine groups is 2. The Morgan fingerprint density at radius 3 is 2.62 bits per heavy atom. The molecule has 3 aromatic rings. The third kappa shape index (κ3) is 6.09. The Morgan fingerprint density at radius 2 is 1.93 bits per heavy atom. The predicted molar refractivity (Wildman–Crippen MR) is 141 cm³/mol. The highest BCUT2D eigenvalue weighted by atomic mass is 19.4. The van der Waals surface area contributed by atoms with E-state index in [1.54, 1.807) is 12.1 Å². The molecule has 1 fully saturated rings. The highest BCUT2D eigenvalue weighted by Gasteiger charge is 2.38. The lowest BCUT2D eigenvalue weighted by Crippen LogP contribution is -2.42. The van der Waals surface area contributed by atoms with Crippen molar-refractivity contribution in [2.75, 3.05) is 32.6 Å². The second kappa shape index (κ2) is 12.1. The quantitative estimate of drug-likeness (QED) is 0.285. The fourth-order valence-electron chi connectivity index (χ4n) is 4.82. The van der Waals surface area contributed by atoms with Gasteiger partial charge in [-0.25, -0.2) is 9.37 Å². The molecule has 1 aromatic heterocycles. The van der Waals surface area contributed by atoms with E-state index in [1.165, 1.54) is 31.4 Å². The number of rotatable bonds is 8. The number of amides is 1. The highest BCUT2D eigenvalue weighted by molar-refractivity contribution is 5.96. The van der Waals surface area contributed by atoms with Crippen LogP contribution in [0.25, 0.3) is 0 Å². The van der Waals surface area contributed by atoms with Crippen molar-refractivity contribution in [2.45, 2.75) is 37.8 Å². The van der Waals surface area contributed by atoms with Gasteiger partial charge < -0.3 is 30.5 Å². The Hall–Kier alpha value is -4.05. The minimum atomic E-state index is -4.88. The van der Waals surface area contributed by atoms with Crippen molar-refractivity contribution in [1.82, 2.24) is 25.7 Å². The van der Waals surface area contributed by atoms with Crippen molar-refractivity contribution in [1.29, 1.82) is 0 Å². The minimum absolute atomic E-state index is 0.0292. The number of fused-ring (bicyclic) bond motifs is 1. The number of alkyl halides is 3. The van der Waals surface area contributed by atoms with Gasteiger partial charge in [0.05, 0.1) is 32.0 Å². The van der Waals surface area contributed by atoms with E-state index in [2.05, 4.69) is 25.9 Å². The van der Waals surface area contributed by atoms with Gasteiger partial charge in [-0.1, -0.05) is 12.1 Å². The summed E-state index contributed by atoms with van der Waals surface area (Å²) >= 11 is 0. The number of aliphatic hydroxyl groups excluding tert-OH is 1. The fourth-order valence-corrected chi connectivity index (χ4v) is 4.82. The van der Waals surface area contributed by atoms with Crippen molar-refractivity contribution in [3.05, 3.63) is 64.6 Å². The molecule has 42 heavy (non-hydrogen) atoms. The summed E-state index contributed by atoms with van der Waals surface area (Å²) in [5.41, 5.74) is -0.749. The molecule has 2 aliphatic heterocycles. The lowest BCUT2D eigenvalue weighted by Gasteiger charge is -2.24. The van der Waals surface area contributed by atoms with Crippen LogP contribution in [0.5, 0.6) is 17.4 Å². The van der Waals surface area contributed by atoms with Crippen molar-refractivity contribution in [3.8, 4) is 17.4 Å². The molecule has 4 N–H and O–H groups in total. The van der Waals surface area contributed by atoms with E-state index in [0.717, 1.165) is 19.2 Å². The van der Waals surface area contributed by atoms with E-state index in [-0.39, 0.29) is 46.8 Å². The van der Waals surface area contributed by atoms with Crippen molar-refractivity contribution in [3.63, 3.8) is 0 Å². The van der Waals surface area contributed by atoms with Gasteiger partial charge in [0.15, 0.2) is 6.23 Å². The van der Waals surface area contributed by atoms with Gasteiger partial charge >= 0.3 is 6.18 Å². The van der Waals surface area contributed by atoms with Gasteiger partial charge in [0.1, 0.15) is 22.9 Å². The number of hydrogen-bond acceptors (Lipinski definition) is 10. The lowest BCUT2D eigenvalue weighted by atomic mass is 10.1. The first-order valence-corrected chi connectivity index (χ1v) is 13.0. The van der Waals surface area contributed by atoms with E-state index in [4.69, 9.17) is 14.3 Å². The number of hydrogen-bond donors (Lipinski definition) is 4. The summed E-state index contributed by atoms with van der Waals surface area (Å²) in [6.07, 6.45) is -4.23. The van der Waals surface area contributed by atoms with Crippen LogP contribution in [-0.2, 0) is 17.6 Å². The van der Waals surface area contributed by atoms with E-state index < -0.39 is 35.6 Å². The minimum Gasteiger partial charge on any atom is -0.495 e. The van der Waals surface area contributed by atoms with Crippen LogP contribution in [0.3, 0.4) is 0 Å². The van der Waals surface area contributed by atoms with E-state index >= 15 is 4.39 Å². The van der Waals surface area contributed by atoms with Crippen LogP contribution >= 0.6 is 0 Å². The smallest absolute Gasteiger partial charge is 0.423 e. The number of carbonyl (C=O) groups is 1. The summed E-state index contributed by atoms with van der Waals surface area (Å²) in [5, 5.41) is 20.4. The number of piperidine rings is 1. The summed E-state index contributed by atoms with van der Waals surface area (Å²) in [4.78, 5) is 25.5. The normalized spacial score (nSPS) is 17.5. The van der Waals surface area contributed by atoms with E-state index in [9.17, 15) is 23.1 Å². The first-order chi connectivity index (χ1) is 20.1. The topological polar surface area (TPSA) is 130 Å². The average Bonchev–Trinajstić information content (AvgIpc) is 3.29. The predicted octanol–water partition coefficient (Wildman–Crippen LogP) is 4.03. The zero-order valence-electron chi connectivity index (χ0n) is 22.6. The Labute approximate surface area is 237 Å². The third-order valence-electron chi connectivity index (χ3n) is 6.97. The lowest BCUT2D eigenvalue weighted by molar-refractivity contribution is -0.219. The second-order valence-corrected chi connectivity index (χ2v) is 9.63. The Kier molecular flexibility index (Phi) is 8.45. The van der Waals surface area contributed by atoms with Crippen LogP contribution in [0, 0.1) is 5.82 Å². The Balaban J connectivity index is 1.44. The maximum absolute atomic E-state index is 15.1. The number of ether oxygens (including phenoxy) is 2. The number of anilines is 2. The molecular weight excluding hydrogens is 564 g/mol.